The van der Waals surface area contributed by atoms with Crippen molar-refractivity contribution in [3.05, 3.63) is 240 Å². The van der Waals surface area contributed by atoms with Gasteiger partial charge in [-0.2, -0.15) is 0 Å². The van der Waals surface area contributed by atoms with Gasteiger partial charge in [0.1, 0.15) is 24.0 Å². The normalized spacial score (nSPS) is 16.2. The number of aliphatic imine (C=N–C) groups is 4. The Morgan fingerprint density at radius 3 is 1.62 bits per heavy atom. The largest absolute Gasteiger partial charge is 0.344 e. The number of fused-ring (bicyclic) bond motifs is 3. The lowest BCUT2D eigenvalue weighted by Crippen LogP contribution is -2.34. The number of amidine groups is 4. The molecule has 3 heterocycles. The van der Waals surface area contributed by atoms with E-state index in [0.717, 1.165) is 67.3 Å². The van der Waals surface area contributed by atoms with Crippen LogP contribution in [0.15, 0.2) is 226 Å². The molecule has 0 radical (unpaired) electrons. The number of rotatable bonds is 8. The molecule has 0 saturated heterocycles. The minimum Gasteiger partial charge on any atom is -0.344 e. The van der Waals surface area contributed by atoms with E-state index in [1.54, 1.807) is 11.3 Å². The zero-order chi connectivity index (χ0) is 40.5. The Balaban J connectivity index is 1.04. The average Bonchev–Trinajstić information content (AvgIpc) is 3.73. The molecule has 0 aliphatic carbocycles. The van der Waals surface area contributed by atoms with Crippen molar-refractivity contribution in [1.29, 1.82) is 0 Å². The Hall–Kier alpha value is -7.74. The first kappa shape index (κ1) is 36.3. The van der Waals surface area contributed by atoms with Gasteiger partial charge in [-0.15, -0.1) is 11.3 Å². The number of nitrogens with zero attached hydrogens (tertiary/aromatic N) is 4. The van der Waals surface area contributed by atoms with Crippen LogP contribution in [0.4, 0.5) is 0 Å². The molecule has 290 valence electrons. The molecular formula is C54H38N6S. The van der Waals surface area contributed by atoms with Crippen molar-refractivity contribution in [2.75, 3.05) is 0 Å². The van der Waals surface area contributed by atoms with Crippen LogP contribution in [0.5, 0.6) is 0 Å². The number of thiophene rings is 1. The fourth-order valence-corrected chi connectivity index (χ4v) is 9.42. The molecule has 7 heteroatoms. The molecule has 6 nitrogen and oxygen atoms in total. The van der Waals surface area contributed by atoms with Crippen molar-refractivity contribution in [3.63, 3.8) is 0 Å². The van der Waals surface area contributed by atoms with Crippen molar-refractivity contribution < 1.29 is 0 Å². The van der Waals surface area contributed by atoms with Gasteiger partial charge >= 0.3 is 0 Å². The second-order valence-corrected chi connectivity index (χ2v) is 16.1. The van der Waals surface area contributed by atoms with Gasteiger partial charge in [0.25, 0.3) is 0 Å². The third-order valence-corrected chi connectivity index (χ3v) is 12.4. The fourth-order valence-electron chi connectivity index (χ4n) is 8.17. The zero-order valence-corrected chi connectivity index (χ0v) is 33.8. The van der Waals surface area contributed by atoms with E-state index >= 15 is 0 Å². The zero-order valence-electron chi connectivity index (χ0n) is 33.0. The van der Waals surface area contributed by atoms with Gasteiger partial charge in [-0.1, -0.05) is 194 Å². The molecule has 0 amide bonds. The monoisotopic (exact) mass is 802 g/mol. The third kappa shape index (κ3) is 7.11. The van der Waals surface area contributed by atoms with E-state index in [-0.39, 0.29) is 12.3 Å². The molecule has 9 aromatic rings. The highest BCUT2D eigenvalue weighted by Gasteiger charge is 2.27. The van der Waals surface area contributed by atoms with Crippen molar-refractivity contribution in [2.45, 2.75) is 12.3 Å². The summed E-state index contributed by atoms with van der Waals surface area (Å²) in [6, 6.07) is 71.8. The summed E-state index contributed by atoms with van der Waals surface area (Å²) in [7, 11) is 0. The molecule has 2 atom stereocenters. The van der Waals surface area contributed by atoms with Crippen LogP contribution in [0.1, 0.15) is 45.7 Å². The molecule has 0 fully saturated rings. The smallest absolute Gasteiger partial charge is 0.159 e. The molecule has 2 aliphatic heterocycles. The number of hydrogen-bond donors (Lipinski definition) is 2. The van der Waals surface area contributed by atoms with Gasteiger partial charge in [0.2, 0.25) is 0 Å². The van der Waals surface area contributed by atoms with E-state index in [2.05, 4.69) is 156 Å². The van der Waals surface area contributed by atoms with E-state index in [4.69, 9.17) is 20.0 Å². The highest BCUT2D eigenvalue weighted by molar-refractivity contribution is 7.26. The molecule has 2 aliphatic rings. The average molecular weight is 803 g/mol. The molecule has 1 aromatic heterocycles. The summed E-state index contributed by atoms with van der Waals surface area (Å²) in [5.74, 6) is 2.95. The summed E-state index contributed by atoms with van der Waals surface area (Å²) in [6.07, 6.45) is -0.652. The fraction of sp³-hybridized carbons (Fsp3) is 0.0370. The predicted molar refractivity (Wildman–Crippen MR) is 254 cm³/mol. The van der Waals surface area contributed by atoms with E-state index in [1.165, 1.54) is 20.2 Å². The molecular weight excluding hydrogens is 765 g/mol. The van der Waals surface area contributed by atoms with Gasteiger partial charge in [0, 0.05) is 42.4 Å². The summed E-state index contributed by atoms with van der Waals surface area (Å²) in [5, 5.41) is 9.84. The minimum absolute atomic E-state index is 0.275. The second kappa shape index (κ2) is 15.8. The first-order valence-corrected chi connectivity index (χ1v) is 21.3. The SMILES string of the molecule is c1ccc(C2=NC(c3cccc(-c4ccccc4)c3)NC(c3c(-c4ccc(C5=NC(c6ccccc6)NC(c6ccccc6)=N5)cc4)ccc4c3sc3ccccc34)=N2)cc1. The van der Waals surface area contributed by atoms with Gasteiger partial charge < -0.3 is 10.6 Å². The second-order valence-electron chi connectivity index (χ2n) is 15.1. The Labute approximate surface area is 358 Å². The summed E-state index contributed by atoms with van der Waals surface area (Å²) in [6.45, 7) is 0. The molecule has 0 spiro atoms. The molecule has 0 bridgehead atoms. The van der Waals surface area contributed by atoms with Gasteiger partial charge in [0.15, 0.2) is 11.7 Å². The molecule has 61 heavy (non-hydrogen) atoms. The van der Waals surface area contributed by atoms with Crippen LogP contribution in [0.2, 0.25) is 0 Å². The predicted octanol–water partition coefficient (Wildman–Crippen LogP) is 12.4. The van der Waals surface area contributed by atoms with Crippen molar-refractivity contribution in [2.24, 2.45) is 20.0 Å². The van der Waals surface area contributed by atoms with Gasteiger partial charge in [-0.3, -0.25) is 0 Å². The molecule has 11 rings (SSSR count). The van der Waals surface area contributed by atoms with Gasteiger partial charge in [-0.05, 0) is 45.5 Å². The summed E-state index contributed by atoms with van der Waals surface area (Å²) < 4.78 is 2.40. The minimum atomic E-state index is -0.376. The van der Waals surface area contributed by atoms with E-state index < -0.39 is 0 Å². The van der Waals surface area contributed by atoms with Crippen LogP contribution in [0, 0.1) is 0 Å². The summed E-state index contributed by atoms with van der Waals surface area (Å²) >= 11 is 1.80. The van der Waals surface area contributed by atoms with Crippen molar-refractivity contribution in [3.8, 4) is 22.3 Å². The Bertz CT molecular complexity index is 3170. The maximum atomic E-state index is 5.37. The highest BCUT2D eigenvalue weighted by atomic mass is 32.1. The third-order valence-electron chi connectivity index (χ3n) is 11.2. The van der Waals surface area contributed by atoms with Crippen LogP contribution in [0.3, 0.4) is 0 Å². The molecule has 0 saturated carbocycles. The quantitative estimate of drug-likeness (QED) is 0.161. The lowest BCUT2D eigenvalue weighted by molar-refractivity contribution is 0.674. The number of hydrogen-bond acceptors (Lipinski definition) is 7. The van der Waals surface area contributed by atoms with Crippen LogP contribution in [-0.2, 0) is 0 Å². The topological polar surface area (TPSA) is 73.5 Å². The Kier molecular flexibility index (Phi) is 9.41. The summed E-state index contributed by atoms with van der Waals surface area (Å²) in [4.78, 5) is 20.8. The van der Waals surface area contributed by atoms with Crippen LogP contribution in [0.25, 0.3) is 42.4 Å². The van der Waals surface area contributed by atoms with Crippen LogP contribution in [-0.4, -0.2) is 23.3 Å². The van der Waals surface area contributed by atoms with E-state index in [0.29, 0.717) is 11.7 Å². The van der Waals surface area contributed by atoms with Gasteiger partial charge in [0.05, 0.1) is 0 Å². The number of nitrogens with one attached hydrogen (secondary N) is 2. The van der Waals surface area contributed by atoms with Crippen molar-refractivity contribution >= 4 is 54.9 Å². The summed E-state index contributed by atoms with van der Waals surface area (Å²) in [5.41, 5.74) is 10.5. The molecule has 8 aromatic carbocycles. The lowest BCUT2D eigenvalue weighted by atomic mass is 9.95. The standard InChI is InChI=1S/C54H38N6S/c1-5-16-35(17-6-1)41-24-15-25-42(34-41)53-58-51(39-22-11-4-12-23-39)59-54(60-53)47-43(32-33-45-44-26-13-14-27-46(44)61-48(45)47)36-28-30-40(31-29-36)52-56-49(37-18-7-2-8-19-37)55-50(57-52)38-20-9-3-10-21-38/h1-34,49,53H,(H,55,56,57)(H,58,59,60). The Morgan fingerprint density at radius 2 is 0.902 bits per heavy atom. The maximum Gasteiger partial charge on any atom is 0.159 e. The first-order chi connectivity index (χ1) is 30.2. The highest BCUT2D eigenvalue weighted by Crippen LogP contribution is 2.41. The first-order valence-electron chi connectivity index (χ1n) is 20.4. The van der Waals surface area contributed by atoms with Gasteiger partial charge in [-0.25, -0.2) is 20.0 Å². The Morgan fingerprint density at radius 1 is 0.377 bits per heavy atom. The maximum absolute atomic E-state index is 5.37. The molecule has 2 unspecified atom stereocenters. The van der Waals surface area contributed by atoms with E-state index in [1.807, 2.05) is 60.7 Å². The van der Waals surface area contributed by atoms with Crippen molar-refractivity contribution in [1.82, 2.24) is 10.6 Å². The number of benzene rings is 8. The van der Waals surface area contributed by atoms with Crippen LogP contribution >= 0.6 is 11.3 Å². The lowest BCUT2D eigenvalue weighted by Gasteiger charge is -2.26. The van der Waals surface area contributed by atoms with Crippen LogP contribution < -0.4 is 10.6 Å². The van der Waals surface area contributed by atoms with E-state index in [9.17, 15) is 0 Å². The molecule has 2 N–H and O–H groups in total.